The van der Waals surface area contributed by atoms with E-state index in [2.05, 4.69) is 5.32 Å². The van der Waals surface area contributed by atoms with E-state index in [1.165, 1.54) is 0 Å². The number of carbonyl (C=O) groups excluding carboxylic acids is 1. The summed E-state index contributed by atoms with van der Waals surface area (Å²) < 4.78 is 53.6. The number of amides is 1. The number of sulfonamides is 1. The Hall–Kier alpha value is -1.88. The summed E-state index contributed by atoms with van der Waals surface area (Å²) in [6.07, 6.45) is 0. The molecule has 10 heteroatoms. The first kappa shape index (κ1) is 20.8. The van der Waals surface area contributed by atoms with Crippen LogP contribution in [0.1, 0.15) is 11.8 Å². The van der Waals surface area contributed by atoms with Gasteiger partial charge in [0.1, 0.15) is 16.5 Å². The highest BCUT2D eigenvalue weighted by atomic mass is 32.2. The maximum Gasteiger partial charge on any atom is 0.246 e. The molecule has 1 unspecified atom stereocenters. The fraction of sp³-hybridized carbons (Fsp3) is 0.389. The topological polar surface area (TPSA) is 69.7 Å². The Labute approximate surface area is 166 Å². The van der Waals surface area contributed by atoms with Crippen molar-refractivity contribution in [3.63, 3.8) is 0 Å². The third-order valence-corrected chi connectivity index (χ3v) is 7.52. The lowest BCUT2D eigenvalue weighted by Gasteiger charge is -2.36. The van der Waals surface area contributed by atoms with Crippen LogP contribution in [0.15, 0.2) is 40.6 Å². The minimum Gasteiger partial charge on any atom is -0.350 e. The fourth-order valence-electron chi connectivity index (χ4n) is 3.05. The molecule has 3 rings (SSSR count). The molecular formula is C18H21F2N3O3S2. The molecule has 1 amide bonds. The van der Waals surface area contributed by atoms with Crippen LogP contribution in [0.2, 0.25) is 0 Å². The van der Waals surface area contributed by atoms with Crippen LogP contribution >= 0.6 is 11.3 Å². The molecule has 2 heterocycles. The molecule has 1 atom stereocenters. The number of rotatable bonds is 6. The molecule has 152 valence electrons. The molecule has 1 aliphatic heterocycles. The van der Waals surface area contributed by atoms with E-state index in [9.17, 15) is 22.0 Å². The monoisotopic (exact) mass is 429 g/mol. The zero-order valence-electron chi connectivity index (χ0n) is 15.3. The Kier molecular flexibility index (Phi) is 6.43. The molecule has 1 aromatic carbocycles. The Morgan fingerprint density at radius 3 is 2.57 bits per heavy atom. The van der Waals surface area contributed by atoms with Crippen molar-refractivity contribution in [2.24, 2.45) is 0 Å². The van der Waals surface area contributed by atoms with E-state index >= 15 is 0 Å². The SMILES string of the molecule is CC(C(=O)NCc1cccs1)N1CCN(S(=O)(=O)c2cc(F)ccc2F)CC1. The van der Waals surface area contributed by atoms with E-state index in [-0.39, 0.29) is 19.0 Å². The average molecular weight is 430 g/mol. The highest BCUT2D eigenvalue weighted by Gasteiger charge is 2.33. The smallest absolute Gasteiger partial charge is 0.246 e. The summed E-state index contributed by atoms with van der Waals surface area (Å²) >= 11 is 1.56. The quantitative estimate of drug-likeness (QED) is 0.763. The molecule has 6 nitrogen and oxygen atoms in total. The highest BCUT2D eigenvalue weighted by Crippen LogP contribution is 2.22. The normalized spacial score (nSPS) is 17.4. The first-order chi connectivity index (χ1) is 13.3. The lowest BCUT2D eigenvalue weighted by molar-refractivity contribution is -0.126. The van der Waals surface area contributed by atoms with Gasteiger partial charge < -0.3 is 5.32 Å². The maximum absolute atomic E-state index is 13.9. The molecular weight excluding hydrogens is 408 g/mol. The van der Waals surface area contributed by atoms with Crippen molar-refractivity contribution in [2.75, 3.05) is 26.2 Å². The number of thiophene rings is 1. The van der Waals surface area contributed by atoms with Gasteiger partial charge in [0.15, 0.2) is 0 Å². The van der Waals surface area contributed by atoms with Crippen molar-refractivity contribution < 1.29 is 22.0 Å². The van der Waals surface area contributed by atoms with Crippen LogP contribution in [0.3, 0.4) is 0 Å². The lowest BCUT2D eigenvalue weighted by atomic mass is 10.2. The summed E-state index contributed by atoms with van der Waals surface area (Å²) in [5, 5.41) is 4.81. The van der Waals surface area contributed by atoms with Crippen LogP contribution in [-0.4, -0.2) is 55.8 Å². The minimum absolute atomic E-state index is 0.0980. The summed E-state index contributed by atoms with van der Waals surface area (Å²) in [6, 6.07) is 5.80. The van der Waals surface area contributed by atoms with Gasteiger partial charge in [-0.25, -0.2) is 17.2 Å². The van der Waals surface area contributed by atoms with E-state index in [1.54, 1.807) is 18.3 Å². The summed E-state index contributed by atoms with van der Waals surface area (Å²) in [4.78, 5) is 14.6. The molecule has 28 heavy (non-hydrogen) atoms. The zero-order valence-corrected chi connectivity index (χ0v) is 16.9. The lowest BCUT2D eigenvalue weighted by Crippen LogP contribution is -2.54. The number of hydrogen-bond donors (Lipinski definition) is 1. The van der Waals surface area contributed by atoms with Gasteiger partial charge in [-0.05, 0) is 36.6 Å². The molecule has 0 saturated carbocycles. The Balaban J connectivity index is 1.58. The second-order valence-corrected chi connectivity index (χ2v) is 9.43. The van der Waals surface area contributed by atoms with Gasteiger partial charge in [-0.15, -0.1) is 11.3 Å². The summed E-state index contributed by atoms with van der Waals surface area (Å²) in [5.41, 5.74) is 0. The first-order valence-corrected chi connectivity index (χ1v) is 11.1. The fourth-order valence-corrected chi connectivity index (χ4v) is 5.19. The average Bonchev–Trinajstić information content (AvgIpc) is 3.21. The summed E-state index contributed by atoms with van der Waals surface area (Å²) in [6.45, 7) is 3.06. The van der Waals surface area contributed by atoms with Gasteiger partial charge in [0, 0.05) is 31.1 Å². The zero-order chi connectivity index (χ0) is 20.3. The number of carbonyl (C=O) groups is 1. The Morgan fingerprint density at radius 2 is 1.93 bits per heavy atom. The third-order valence-electron chi connectivity index (χ3n) is 4.73. The van der Waals surface area contributed by atoms with Crippen molar-refractivity contribution in [3.8, 4) is 0 Å². The van der Waals surface area contributed by atoms with Crippen molar-refractivity contribution in [1.29, 1.82) is 0 Å². The number of benzene rings is 1. The van der Waals surface area contributed by atoms with Gasteiger partial charge in [-0.3, -0.25) is 9.69 Å². The maximum atomic E-state index is 13.9. The van der Waals surface area contributed by atoms with Gasteiger partial charge in [0.25, 0.3) is 0 Å². The summed E-state index contributed by atoms with van der Waals surface area (Å²) in [7, 11) is -4.13. The molecule has 0 aliphatic carbocycles. The molecule has 1 aliphatic rings. The van der Waals surface area contributed by atoms with Gasteiger partial charge in [0.2, 0.25) is 15.9 Å². The van der Waals surface area contributed by atoms with Crippen molar-refractivity contribution >= 4 is 27.3 Å². The van der Waals surface area contributed by atoms with Gasteiger partial charge >= 0.3 is 0 Å². The van der Waals surface area contributed by atoms with Gasteiger partial charge in [-0.2, -0.15) is 4.31 Å². The van der Waals surface area contributed by atoms with E-state index in [4.69, 9.17) is 0 Å². The van der Waals surface area contributed by atoms with Crippen LogP contribution in [0, 0.1) is 11.6 Å². The molecule has 0 bridgehead atoms. The van der Waals surface area contributed by atoms with Crippen LogP contribution in [-0.2, 0) is 21.4 Å². The van der Waals surface area contributed by atoms with Gasteiger partial charge in [0.05, 0.1) is 12.6 Å². The number of nitrogens with zero attached hydrogens (tertiary/aromatic N) is 2. The second-order valence-electron chi connectivity index (χ2n) is 6.49. The molecule has 1 aromatic heterocycles. The molecule has 0 spiro atoms. The van der Waals surface area contributed by atoms with Crippen LogP contribution in [0.4, 0.5) is 8.78 Å². The van der Waals surface area contributed by atoms with E-state index in [0.29, 0.717) is 25.7 Å². The van der Waals surface area contributed by atoms with Crippen molar-refractivity contribution in [2.45, 2.75) is 24.4 Å². The first-order valence-electron chi connectivity index (χ1n) is 8.78. The van der Waals surface area contributed by atoms with E-state index < -0.39 is 32.6 Å². The van der Waals surface area contributed by atoms with Crippen LogP contribution in [0.25, 0.3) is 0 Å². The van der Waals surface area contributed by atoms with Crippen molar-refractivity contribution in [3.05, 3.63) is 52.2 Å². The standard InChI is InChI=1S/C18H21F2N3O3S2/c1-13(18(24)21-12-15-3-2-10-27-15)22-6-8-23(9-7-22)28(25,26)17-11-14(19)4-5-16(17)20/h2-5,10-11,13H,6-9,12H2,1H3,(H,21,24). The second kappa shape index (κ2) is 8.64. The number of nitrogens with one attached hydrogen (secondary N) is 1. The molecule has 1 saturated heterocycles. The van der Waals surface area contributed by atoms with Gasteiger partial charge in [-0.1, -0.05) is 6.07 Å². The highest BCUT2D eigenvalue weighted by molar-refractivity contribution is 7.89. The molecule has 0 radical (unpaired) electrons. The summed E-state index contributed by atoms with van der Waals surface area (Å²) in [5.74, 6) is -1.93. The Bertz CT molecular complexity index is 928. The van der Waals surface area contributed by atoms with Crippen LogP contribution < -0.4 is 5.32 Å². The predicted molar refractivity (Wildman–Crippen MR) is 102 cm³/mol. The molecule has 1 N–H and O–H groups in total. The predicted octanol–water partition coefficient (Wildman–Crippen LogP) is 2.04. The third kappa shape index (κ3) is 4.57. The van der Waals surface area contributed by atoms with Crippen molar-refractivity contribution in [1.82, 2.24) is 14.5 Å². The molecule has 2 aromatic rings. The number of halogens is 2. The Morgan fingerprint density at radius 1 is 1.21 bits per heavy atom. The number of piperazine rings is 1. The van der Waals surface area contributed by atoms with E-state index in [0.717, 1.165) is 21.3 Å². The largest absolute Gasteiger partial charge is 0.350 e. The number of hydrogen-bond acceptors (Lipinski definition) is 5. The van der Waals surface area contributed by atoms with E-state index in [1.807, 2.05) is 22.4 Å². The van der Waals surface area contributed by atoms with Crippen LogP contribution in [0.5, 0.6) is 0 Å². The molecule has 1 fully saturated rings. The minimum atomic E-state index is -4.13.